The van der Waals surface area contributed by atoms with E-state index in [1.54, 1.807) is 31.1 Å². The molecule has 190 valence electrons. The number of carboxylic acids is 1. The molecule has 2 aromatic rings. The Morgan fingerprint density at radius 2 is 1.97 bits per heavy atom. The molecule has 2 heterocycles. The first-order valence-corrected chi connectivity index (χ1v) is 12.1. The first kappa shape index (κ1) is 24.9. The first-order valence-electron chi connectivity index (χ1n) is 12.1. The van der Waals surface area contributed by atoms with E-state index in [9.17, 15) is 19.8 Å². The second-order valence-electron chi connectivity index (χ2n) is 9.48. The Bertz CT molecular complexity index is 1050. The summed E-state index contributed by atoms with van der Waals surface area (Å²) in [5, 5.41) is 27.5. The van der Waals surface area contributed by atoms with Gasteiger partial charge in [0.2, 0.25) is 0 Å². The highest BCUT2D eigenvalue weighted by Gasteiger charge is 2.29. The number of amides is 1. The van der Waals surface area contributed by atoms with Gasteiger partial charge in [0, 0.05) is 20.6 Å². The molecule has 2 aliphatic rings. The van der Waals surface area contributed by atoms with Crippen LogP contribution in [0.15, 0.2) is 12.1 Å². The van der Waals surface area contributed by atoms with E-state index in [4.69, 9.17) is 9.47 Å². The zero-order valence-electron chi connectivity index (χ0n) is 20.2. The van der Waals surface area contributed by atoms with Crippen LogP contribution in [0.2, 0.25) is 0 Å². The summed E-state index contributed by atoms with van der Waals surface area (Å²) in [7, 11) is 3.45. The maximum absolute atomic E-state index is 12.4. The van der Waals surface area contributed by atoms with E-state index in [2.05, 4.69) is 15.3 Å². The van der Waals surface area contributed by atoms with Gasteiger partial charge in [0.1, 0.15) is 29.4 Å². The minimum atomic E-state index is -0.806. The number of carbonyl (C=O) groups excluding carboxylic acids is 1. The van der Waals surface area contributed by atoms with Crippen molar-refractivity contribution in [2.75, 3.05) is 13.6 Å². The van der Waals surface area contributed by atoms with Crippen molar-refractivity contribution in [3.8, 4) is 17.1 Å². The second-order valence-corrected chi connectivity index (χ2v) is 9.48. The van der Waals surface area contributed by atoms with E-state index in [-0.39, 0.29) is 19.3 Å². The molecular formula is C24H33N5O6. The number of aromatic nitrogens is 4. The minimum absolute atomic E-state index is 0.0142. The molecule has 0 saturated heterocycles. The topological polar surface area (TPSA) is 140 Å². The lowest BCUT2D eigenvalue weighted by Crippen LogP contribution is -2.34. The number of aliphatic hydroxyl groups is 1. The average Bonchev–Trinajstić information content (AvgIpc) is 3.20. The molecule has 0 spiro atoms. The smallest absolute Gasteiger partial charge is 0.409 e. The molecule has 1 amide bonds. The minimum Gasteiger partial charge on any atom is -0.488 e. The Balaban J connectivity index is 1.44. The van der Waals surface area contributed by atoms with Gasteiger partial charge >= 0.3 is 12.1 Å². The first-order chi connectivity index (χ1) is 16.9. The maximum atomic E-state index is 12.4. The summed E-state index contributed by atoms with van der Waals surface area (Å²) < 4.78 is 13.1. The summed E-state index contributed by atoms with van der Waals surface area (Å²) in [4.78, 5) is 29.9. The quantitative estimate of drug-likeness (QED) is 0.546. The van der Waals surface area contributed by atoms with Crippen LogP contribution in [0.1, 0.15) is 56.3 Å². The van der Waals surface area contributed by atoms with Crippen molar-refractivity contribution in [2.24, 2.45) is 18.9 Å². The van der Waals surface area contributed by atoms with Crippen LogP contribution < -0.4 is 4.74 Å². The third-order valence-electron chi connectivity index (χ3n) is 6.94. The number of ether oxygens (including phenoxy) is 2. The van der Waals surface area contributed by atoms with E-state index in [0.29, 0.717) is 53.8 Å². The predicted octanol–water partition coefficient (Wildman–Crippen LogP) is 2.76. The second kappa shape index (κ2) is 11.0. The van der Waals surface area contributed by atoms with Gasteiger partial charge in [-0.05, 0) is 56.6 Å². The highest BCUT2D eigenvalue weighted by Crippen LogP contribution is 2.31. The van der Waals surface area contributed by atoms with Crippen molar-refractivity contribution in [1.82, 2.24) is 24.9 Å². The number of aliphatic hydroxyl groups excluding tert-OH is 1. The normalized spacial score (nSPS) is 20.2. The van der Waals surface area contributed by atoms with Crippen LogP contribution in [0, 0.1) is 11.8 Å². The van der Waals surface area contributed by atoms with Gasteiger partial charge in [0.15, 0.2) is 0 Å². The van der Waals surface area contributed by atoms with Crippen LogP contribution in [-0.2, 0) is 29.8 Å². The molecule has 4 rings (SSSR count). The zero-order valence-corrected chi connectivity index (χ0v) is 20.2. The molecule has 11 nitrogen and oxygen atoms in total. The molecule has 0 aliphatic heterocycles. The average molecular weight is 488 g/mol. The molecule has 2 saturated carbocycles. The summed E-state index contributed by atoms with van der Waals surface area (Å²) in [6, 6.07) is 3.42. The van der Waals surface area contributed by atoms with Crippen LogP contribution in [0.4, 0.5) is 4.79 Å². The Labute approximate surface area is 204 Å². The van der Waals surface area contributed by atoms with Gasteiger partial charge in [-0.15, -0.1) is 5.10 Å². The number of carbonyl (C=O) groups is 2. The molecule has 0 radical (unpaired) electrons. The number of rotatable bonds is 9. The van der Waals surface area contributed by atoms with E-state index >= 15 is 0 Å². The third kappa shape index (κ3) is 5.90. The molecule has 2 atom stereocenters. The molecule has 2 fully saturated rings. The fraction of sp³-hybridized carbons (Fsp3) is 0.625. The standard InChI is InChI=1S/C24H33N5O6/c1-28(12-15-5-3-6-15)24(33)34-14-20-22(26-27-29(20)2)18-9-10-21(19(13-30)25-18)35-17-8-4-7-16(11-17)23(31)32/h9-10,15-17,30H,3-8,11-14H2,1-2H3,(H,31,32)/t16-,17?/m0/s1. The lowest BCUT2D eigenvalue weighted by Gasteiger charge is -2.29. The van der Waals surface area contributed by atoms with Crippen LogP contribution in [0.25, 0.3) is 11.4 Å². The monoisotopic (exact) mass is 487 g/mol. The van der Waals surface area contributed by atoms with Crippen LogP contribution >= 0.6 is 0 Å². The van der Waals surface area contributed by atoms with Crippen molar-refractivity contribution in [1.29, 1.82) is 0 Å². The Hall–Kier alpha value is -3.21. The number of hydrogen-bond acceptors (Lipinski definition) is 8. The van der Waals surface area contributed by atoms with Gasteiger partial charge in [-0.25, -0.2) is 14.5 Å². The van der Waals surface area contributed by atoms with E-state index < -0.39 is 18.0 Å². The summed E-state index contributed by atoms with van der Waals surface area (Å²) in [5.74, 6) is -0.260. The molecule has 2 N–H and O–H groups in total. The molecule has 2 aliphatic carbocycles. The lowest BCUT2D eigenvalue weighted by molar-refractivity contribution is -0.143. The van der Waals surface area contributed by atoms with Crippen molar-refractivity contribution in [3.63, 3.8) is 0 Å². The lowest BCUT2D eigenvalue weighted by atomic mass is 9.85. The Morgan fingerprint density at radius 3 is 2.66 bits per heavy atom. The van der Waals surface area contributed by atoms with Gasteiger partial charge < -0.3 is 24.6 Å². The van der Waals surface area contributed by atoms with Crippen LogP contribution in [0.5, 0.6) is 5.75 Å². The molecule has 35 heavy (non-hydrogen) atoms. The SMILES string of the molecule is CN(CC1CCC1)C(=O)OCc1c(-c2ccc(OC3CCC[C@H](C(=O)O)C3)c(CO)n2)nnn1C. The number of nitrogens with zero attached hydrogens (tertiary/aromatic N) is 5. The fourth-order valence-corrected chi connectivity index (χ4v) is 4.61. The molecule has 0 bridgehead atoms. The summed E-state index contributed by atoms with van der Waals surface area (Å²) >= 11 is 0. The van der Waals surface area contributed by atoms with Crippen LogP contribution in [-0.4, -0.2) is 66.8 Å². The fourth-order valence-electron chi connectivity index (χ4n) is 4.61. The molecular weight excluding hydrogens is 454 g/mol. The largest absolute Gasteiger partial charge is 0.488 e. The summed E-state index contributed by atoms with van der Waals surface area (Å²) in [6.45, 7) is 0.320. The maximum Gasteiger partial charge on any atom is 0.409 e. The number of hydrogen-bond donors (Lipinski definition) is 2. The van der Waals surface area contributed by atoms with E-state index in [0.717, 1.165) is 25.7 Å². The number of aliphatic carboxylic acids is 1. The molecule has 2 aromatic heterocycles. The van der Waals surface area contributed by atoms with Crippen molar-refractivity contribution in [2.45, 2.75) is 64.3 Å². The van der Waals surface area contributed by atoms with Gasteiger partial charge in [0.25, 0.3) is 0 Å². The highest BCUT2D eigenvalue weighted by molar-refractivity contribution is 5.70. The third-order valence-corrected chi connectivity index (χ3v) is 6.94. The number of pyridine rings is 1. The van der Waals surface area contributed by atoms with E-state index in [1.165, 1.54) is 11.1 Å². The van der Waals surface area contributed by atoms with Gasteiger partial charge in [-0.2, -0.15) is 0 Å². The van der Waals surface area contributed by atoms with Crippen molar-refractivity contribution >= 4 is 12.1 Å². The Kier molecular flexibility index (Phi) is 7.84. The van der Waals surface area contributed by atoms with Crippen molar-refractivity contribution in [3.05, 3.63) is 23.5 Å². The predicted molar refractivity (Wildman–Crippen MR) is 124 cm³/mol. The molecule has 11 heteroatoms. The van der Waals surface area contributed by atoms with E-state index in [1.807, 2.05) is 0 Å². The van der Waals surface area contributed by atoms with Gasteiger partial charge in [-0.3, -0.25) is 4.79 Å². The highest BCUT2D eigenvalue weighted by atomic mass is 16.6. The van der Waals surface area contributed by atoms with Gasteiger partial charge in [0.05, 0.1) is 24.3 Å². The van der Waals surface area contributed by atoms with Crippen LogP contribution in [0.3, 0.4) is 0 Å². The summed E-state index contributed by atoms with van der Waals surface area (Å²) in [5.41, 5.74) is 1.83. The van der Waals surface area contributed by atoms with Gasteiger partial charge in [-0.1, -0.05) is 11.6 Å². The zero-order chi connectivity index (χ0) is 24.9. The summed E-state index contributed by atoms with van der Waals surface area (Å²) in [6.07, 6.45) is 5.47. The number of carboxylic acid groups (broad SMARTS) is 1. The Morgan fingerprint density at radius 1 is 1.20 bits per heavy atom. The number of aryl methyl sites for hydroxylation is 1. The van der Waals surface area contributed by atoms with Crippen molar-refractivity contribution < 1.29 is 29.3 Å². The molecule has 0 aromatic carbocycles. The molecule has 1 unspecified atom stereocenters.